The lowest BCUT2D eigenvalue weighted by molar-refractivity contribution is -0.145. The molecule has 0 fully saturated rings. The van der Waals surface area contributed by atoms with Crippen molar-refractivity contribution in [2.45, 2.75) is 59.9 Å². The number of ether oxygens (including phenoxy) is 2. The van der Waals surface area contributed by atoms with E-state index in [9.17, 15) is 4.79 Å². The molecule has 1 atom stereocenters. The first-order chi connectivity index (χ1) is 13.5. The van der Waals surface area contributed by atoms with Crippen molar-refractivity contribution in [3.05, 3.63) is 29.8 Å². The molecule has 0 spiro atoms. The van der Waals surface area contributed by atoms with Gasteiger partial charge in [-0.05, 0) is 68.4 Å². The molecule has 1 aromatic carbocycles. The van der Waals surface area contributed by atoms with Gasteiger partial charge in [-0.15, -0.1) is 12.4 Å². The van der Waals surface area contributed by atoms with Gasteiger partial charge >= 0.3 is 5.97 Å². The molecule has 1 aromatic rings. The van der Waals surface area contributed by atoms with E-state index < -0.39 is 0 Å². The lowest BCUT2D eigenvalue weighted by Crippen LogP contribution is -2.21. The summed E-state index contributed by atoms with van der Waals surface area (Å²) in [5.74, 6) is 1.52. The topological polar surface area (TPSA) is 64.8 Å². The Morgan fingerprint density at radius 3 is 2.24 bits per heavy atom. The van der Waals surface area contributed by atoms with Crippen molar-refractivity contribution in [1.82, 2.24) is 4.90 Å². The fraction of sp³-hybridized carbons (Fsp3) is 0.696. The Hall–Kier alpha value is -1.30. The number of nitrogens with zero attached hydrogens (tertiary/aromatic N) is 1. The highest BCUT2D eigenvalue weighted by Crippen LogP contribution is 2.16. The number of rotatable bonds is 15. The van der Waals surface area contributed by atoms with Crippen molar-refractivity contribution in [3.63, 3.8) is 0 Å². The molecule has 0 saturated carbocycles. The third-order valence-electron chi connectivity index (χ3n) is 4.89. The van der Waals surface area contributed by atoms with Gasteiger partial charge in [-0.3, -0.25) is 9.69 Å². The Morgan fingerprint density at radius 1 is 1.07 bits per heavy atom. The van der Waals surface area contributed by atoms with Crippen LogP contribution in [0.2, 0.25) is 0 Å². The third kappa shape index (κ3) is 12.8. The van der Waals surface area contributed by atoms with E-state index in [-0.39, 0.29) is 24.3 Å². The number of nitrogens with two attached hydrogens (primary N) is 1. The van der Waals surface area contributed by atoms with Crippen LogP contribution in [0.5, 0.6) is 5.75 Å². The van der Waals surface area contributed by atoms with Crippen molar-refractivity contribution >= 4 is 18.4 Å². The van der Waals surface area contributed by atoms with Crippen LogP contribution in [0.3, 0.4) is 0 Å². The predicted molar refractivity (Wildman–Crippen MR) is 123 cm³/mol. The van der Waals surface area contributed by atoms with Gasteiger partial charge in [0, 0.05) is 13.0 Å². The maximum absolute atomic E-state index is 11.9. The molecule has 2 N–H and O–H groups in total. The molecule has 0 aliphatic rings. The van der Waals surface area contributed by atoms with Crippen LogP contribution in [0, 0.1) is 11.8 Å². The third-order valence-corrected chi connectivity index (χ3v) is 4.89. The molecule has 0 heterocycles. The molecule has 1 unspecified atom stereocenters. The number of hydrogen-bond acceptors (Lipinski definition) is 5. The van der Waals surface area contributed by atoms with Crippen LogP contribution < -0.4 is 10.5 Å². The van der Waals surface area contributed by atoms with Crippen molar-refractivity contribution in [1.29, 1.82) is 0 Å². The molecule has 5 nitrogen and oxygen atoms in total. The van der Waals surface area contributed by atoms with Crippen molar-refractivity contribution in [2.24, 2.45) is 17.6 Å². The Morgan fingerprint density at radius 2 is 1.69 bits per heavy atom. The zero-order valence-corrected chi connectivity index (χ0v) is 19.5. The van der Waals surface area contributed by atoms with Crippen LogP contribution >= 0.6 is 12.4 Å². The highest BCUT2D eigenvalue weighted by molar-refractivity contribution is 5.85. The molecule has 0 aliphatic carbocycles. The van der Waals surface area contributed by atoms with Crippen molar-refractivity contribution in [2.75, 3.05) is 32.8 Å². The number of halogens is 1. The summed E-state index contributed by atoms with van der Waals surface area (Å²) < 4.78 is 11.1. The van der Waals surface area contributed by atoms with Crippen LogP contribution in [0.4, 0.5) is 0 Å². The summed E-state index contributed by atoms with van der Waals surface area (Å²) in [7, 11) is 0. The summed E-state index contributed by atoms with van der Waals surface area (Å²) in [5.41, 5.74) is 7.04. The highest BCUT2D eigenvalue weighted by Gasteiger charge is 2.14. The Balaban J connectivity index is 0.00000784. The van der Waals surface area contributed by atoms with Gasteiger partial charge in [-0.25, -0.2) is 0 Å². The fourth-order valence-corrected chi connectivity index (χ4v) is 3.20. The van der Waals surface area contributed by atoms with Gasteiger partial charge in [0.25, 0.3) is 0 Å². The van der Waals surface area contributed by atoms with Gasteiger partial charge in [0.15, 0.2) is 0 Å². The SMILES string of the molecule is CCN(CC)Cc1ccc(OCCCCOC(=O)CC(CN)CC(C)C)cc1.Cl. The molecular formula is C23H41ClN2O3. The summed E-state index contributed by atoms with van der Waals surface area (Å²) in [6, 6.07) is 8.31. The zero-order valence-electron chi connectivity index (χ0n) is 18.7. The Bertz CT molecular complexity index is 533. The maximum atomic E-state index is 11.9. The molecule has 0 aliphatic heterocycles. The van der Waals surface area contributed by atoms with Gasteiger partial charge in [0.2, 0.25) is 0 Å². The van der Waals surface area contributed by atoms with Gasteiger partial charge in [-0.2, -0.15) is 0 Å². The number of esters is 1. The van der Waals surface area contributed by atoms with Crippen LogP contribution in [0.15, 0.2) is 24.3 Å². The smallest absolute Gasteiger partial charge is 0.306 e. The minimum absolute atomic E-state index is 0. The molecule has 0 bridgehead atoms. The lowest BCUT2D eigenvalue weighted by Gasteiger charge is -2.18. The molecule has 0 amide bonds. The minimum Gasteiger partial charge on any atom is -0.494 e. The van der Waals surface area contributed by atoms with Crippen LogP contribution in [0.1, 0.15) is 58.9 Å². The average Bonchev–Trinajstić information content (AvgIpc) is 2.68. The second-order valence-corrected chi connectivity index (χ2v) is 7.82. The first-order valence-electron chi connectivity index (χ1n) is 10.8. The number of hydrogen-bond donors (Lipinski definition) is 1. The summed E-state index contributed by atoms with van der Waals surface area (Å²) in [6.45, 7) is 13.4. The van der Waals surface area contributed by atoms with E-state index in [2.05, 4.69) is 44.7 Å². The summed E-state index contributed by atoms with van der Waals surface area (Å²) in [4.78, 5) is 14.3. The van der Waals surface area contributed by atoms with E-state index in [0.717, 1.165) is 44.6 Å². The predicted octanol–water partition coefficient (Wildman–Crippen LogP) is 4.66. The average molecular weight is 429 g/mol. The highest BCUT2D eigenvalue weighted by atomic mass is 35.5. The second-order valence-electron chi connectivity index (χ2n) is 7.82. The van der Waals surface area contributed by atoms with Gasteiger partial charge < -0.3 is 15.2 Å². The standard InChI is InChI=1S/C23H40N2O3.ClH/c1-5-25(6-2)18-20-9-11-22(12-10-20)27-13-7-8-14-28-23(26)16-21(17-24)15-19(3)4;/h9-12,19,21H,5-8,13-18,24H2,1-4H3;1H. The first-order valence-corrected chi connectivity index (χ1v) is 10.8. The molecular weight excluding hydrogens is 388 g/mol. The molecule has 0 radical (unpaired) electrons. The summed E-state index contributed by atoms with van der Waals surface area (Å²) in [5, 5.41) is 0. The van der Waals surface area contributed by atoms with Gasteiger partial charge in [0.05, 0.1) is 13.2 Å². The van der Waals surface area contributed by atoms with E-state index in [1.807, 2.05) is 12.1 Å². The quantitative estimate of drug-likeness (QED) is 0.325. The fourth-order valence-electron chi connectivity index (χ4n) is 3.20. The molecule has 1 rings (SSSR count). The Labute approximate surface area is 183 Å². The molecule has 168 valence electrons. The van der Waals surface area contributed by atoms with E-state index in [0.29, 0.717) is 32.1 Å². The van der Waals surface area contributed by atoms with Crippen LogP contribution in [0.25, 0.3) is 0 Å². The summed E-state index contributed by atoms with van der Waals surface area (Å²) >= 11 is 0. The number of unbranched alkanes of at least 4 members (excludes halogenated alkanes) is 1. The van der Waals surface area contributed by atoms with E-state index >= 15 is 0 Å². The summed E-state index contributed by atoms with van der Waals surface area (Å²) in [6.07, 6.45) is 3.06. The minimum atomic E-state index is -0.138. The van der Waals surface area contributed by atoms with E-state index in [4.69, 9.17) is 15.2 Å². The normalized spacial score (nSPS) is 12.0. The van der Waals surface area contributed by atoms with Crippen LogP contribution in [-0.4, -0.2) is 43.7 Å². The van der Waals surface area contributed by atoms with Crippen molar-refractivity contribution < 1.29 is 14.3 Å². The molecule has 29 heavy (non-hydrogen) atoms. The number of benzene rings is 1. The first kappa shape index (κ1) is 27.7. The van der Waals surface area contributed by atoms with Gasteiger partial charge in [0.1, 0.15) is 5.75 Å². The largest absolute Gasteiger partial charge is 0.494 e. The maximum Gasteiger partial charge on any atom is 0.306 e. The Kier molecular flexibility index (Phi) is 15.8. The van der Waals surface area contributed by atoms with Crippen molar-refractivity contribution in [3.8, 4) is 5.75 Å². The monoisotopic (exact) mass is 428 g/mol. The van der Waals surface area contributed by atoms with E-state index in [1.54, 1.807) is 0 Å². The van der Waals surface area contributed by atoms with Gasteiger partial charge in [-0.1, -0.05) is 39.8 Å². The molecule has 6 heteroatoms. The second kappa shape index (κ2) is 16.5. The lowest BCUT2D eigenvalue weighted by atomic mass is 9.94. The molecule has 0 saturated heterocycles. The van der Waals surface area contributed by atoms with Crippen LogP contribution in [-0.2, 0) is 16.1 Å². The number of carbonyl (C=O) groups is 1. The van der Waals surface area contributed by atoms with E-state index in [1.165, 1.54) is 5.56 Å². The number of carbonyl (C=O) groups excluding carboxylic acids is 1. The zero-order chi connectivity index (χ0) is 20.8. The molecule has 0 aromatic heterocycles.